The maximum atomic E-state index is 10.8. The Morgan fingerprint density at radius 3 is 2.19 bits per heavy atom. The highest BCUT2D eigenvalue weighted by atomic mass is 16.6. The summed E-state index contributed by atoms with van der Waals surface area (Å²) < 4.78 is 5.17. The van der Waals surface area contributed by atoms with Crippen molar-refractivity contribution in [3.63, 3.8) is 0 Å². The van der Waals surface area contributed by atoms with E-state index in [1.54, 1.807) is 19.2 Å². The molecular formula is C20H17N3O3. The van der Waals surface area contributed by atoms with Gasteiger partial charge in [-0.3, -0.25) is 10.1 Å². The molecule has 0 saturated heterocycles. The molecule has 0 spiro atoms. The zero-order valence-electron chi connectivity index (χ0n) is 14.1. The number of methoxy groups -OCH3 is 1. The van der Waals surface area contributed by atoms with Crippen LogP contribution in [0, 0.1) is 10.1 Å². The summed E-state index contributed by atoms with van der Waals surface area (Å²) in [6.07, 6.45) is 0. The molecule has 0 aromatic heterocycles. The van der Waals surface area contributed by atoms with Crippen LogP contribution in [-0.2, 0) is 0 Å². The summed E-state index contributed by atoms with van der Waals surface area (Å²) >= 11 is 0. The fourth-order valence-electron chi connectivity index (χ4n) is 2.35. The monoisotopic (exact) mass is 347 g/mol. The molecule has 0 saturated carbocycles. The van der Waals surface area contributed by atoms with Crippen molar-refractivity contribution < 1.29 is 9.66 Å². The molecule has 0 aliphatic heterocycles. The van der Waals surface area contributed by atoms with Gasteiger partial charge >= 0.3 is 0 Å². The zero-order chi connectivity index (χ0) is 18.4. The Morgan fingerprint density at radius 2 is 1.62 bits per heavy atom. The molecule has 26 heavy (non-hydrogen) atoms. The number of non-ortho nitro benzene ring substituents is 1. The van der Waals surface area contributed by atoms with E-state index in [1.807, 2.05) is 54.6 Å². The highest BCUT2D eigenvalue weighted by Crippen LogP contribution is 2.21. The first-order valence-electron chi connectivity index (χ1n) is 7.95. The molecule has 0 bridgehead atoms. The van der Waals surface area contributed by atoms with Crippen LogP contribution in [-0.4, -0.2) is 17.9 Å². The molecule has 0 atom stereocenters. The lowest BCUT2D eigenvalue weighted by Crippen LogP contribution is -2.13. The third-order valence-corrected chi connectivity index (χ3v) is 3.70. The minimum absolute atomic E-state index is 0.0355. The van der Waals surface area contributed by atoms with Gasteiger partial charge in [0.15, 0.2) is 0 Å². The molecule has 0 radical (unpaired) electrons. The van der Waals surface area contributed by atoms with E-state index >= 15 is 0 Å². The van der Waals surface area contributed by atoms with Crippen LogP contribution in [0.15, 0.2) is 83.9 Å². The first-order valence-corrected chi connectivity index (χ1v) is 7.95. The standard InChI is InChI=1S/C20H17N3O3/c1-26-19-13-9-17(10-14-19)22-20(15-5-3-2-4-6-15)21-16-7-11-18(12-8-16)23(24)25/h2-14H,1H3,(H,21,22). The molecule has 0 heterocycles. The summed E-state index contributed by atoms with van der Waals surface area (Å²) in [5.41, 5.74) is 2.42. The van der Waals surface area contributed by atoms with E-state index in [-0.39, 0.29) is 5.69 Å². The zero-order valence-corrected chi connectivity index (χ0v) is 14.1. The van der Waals surface area contributed by atoms with Crippen molar-refractivity contribution in [1.82, 2.24) is 0 Å². The largest absolute Gasteiger partial charge is 0.497 e. The topological polar surface area (TPSA) is 76.8 Å². The van der Waals surface area contributed by atoms with Crippen molar-refractivity contribution in [3.8, 4) is 5.75 Å². The molecule has 6 nitrogen and oxygen atoms in total. The maximum Gasteiger partial charge on any atom is 0.269 e. The SMILES string of the molecule is COc1ccc(NC(=Nc2ccc([N+](=O)[O-])cc2)c2ccccc2)cc1. The lowest BCUT2D eigenvalue weighted by atomic mass is 10.2. The first-order chi connectivity index (χ1) is 12.7. The molecule has 3 aromatic rings. The molecule has 0 fully saturated rings. The minimum atomic E-state index is -0.429. The lowest BCUT2D eigenvalue weighted by Gasteiger charge is -2.11. The van der Waals surface area contributed by atoms with Crippen molar-refractivity contribution in [2.45, 2.75) is 0 Å². The van der Waals surface area contributed by atoms with Gasteiger partial charge in [0.1, 0.15) is 11.6 Å². The quantitative estimate of drug-likeness (QED) is 0.311. The van der Waals surface area contributed by atoms with E-state index < -0.39 is 4.92 Å². The van der Waals surface area contributed by atoms with Crippen LogP contribution in [0.25, 0.3) is 0 Å². The van der Waals surface area contributed by atoms with Crippen LogP contribution < -0.4 is 10.1 Å². The van der Waals surface area contributed by atoms with Gasteiger partial charge in [-0.15, -0.1) is 0 Å². The molecular weight excluding hydrogens is 330 g/mol. The van der Waals surface area contributed by atoms with E-state index in [4.69, 9.17) is 4.74 Å². The van der Waals surface area contributed by atoms with Crippen molar-refractivity contribution in [1.29, 1.82) is 0 Å². The number of hydrogen-bond acceptors (Lipinski definition) is 4. The predicted molar refractivity (Wildman–Crippen MR) is 102 cm³/mol. The summed E-state index contributed by atoms with van der Waals surface area (Å²) in [7, 11) is 1.62. The Balaban J connectivity index is 1.93. The van der Waals surface area contributed by atoms with Crippen molar-refractivity contribution >= 4 is 22.9 Å². The van der Waals surface area contributed by atoms with Gasteiger partial charge in [-0.05, 0) is 36.4 Å². The summed E-state index contributed by atoms with van der Waals surface area (Å²) in [5, 5.41) is 14.1. The number of hydrogen-bond donors (Lipinski definition) is 1. The van der Waals surface area contributed by atoms with E-state index in [0.29, 0.717) is 11.5 Å². The number of anilines is 1. The van der Waals surface area contributed by atoms with E-state index in [9.17, 15) is 10.1 Å². The molecule has 0 aliphatic carbocycles. The lowest BCUT2D eigenvalue weighted by molar-refractivity contribution is -0.384. The van der Waals surface area contributed by atoms with Gasteiger partial charge in [-0.2, -0.15) is 0 Å². The third kappa shape index (κ3) is 4.24. The molecule has 130 valence electrons. The number of ether oxygens (including phenoxy) is 1. The van der Waals surface area contributed by atoms with Crippen molar-refractivity contribution in [2.75, 3.05) is 12.4 Å². The fraction of sp³-hybridized carbons (Fsp3) is 0.0500. The number of nitrogens with one attached hydrogen (secondary N) is 1. The number of nitro groups is 1. The molecule has 3 rings (SSSR count). The van der Waals surface area contributed by atoms with Crippen LogP contribution in [0.5, 0.6) is 5.75 Å². The number of aliphatic imine (C=N–C) groups is 1. The predicted octanol–water partition coefficient (Wildman–Crippen LogP) is 4.79. The van der Waals surface area contributed by atoms with Gasteiger partial charge in [0.05, 0.1) is 17.7 Å². The summed E-state index contributed by atoms with van der Waals surface area (Å²) in [4.78, 5) is 15.0. The molecule has 6 heteroatoms. The minimum Gasteiger partial charge on any atom is -0.497 e. The Hall–Kier alpha value is -3.67. The summed E-state index contributed by atoms with van der Waals surface area (Å²) in [5.74, 6) is 1.41. The highest BCUT2D eigenvalue weighted by Gasteiger charge is 2.07. The Morgan fingerprint density at radius 1 is 0.962 bits per heavy atom. The second kappa shape index (κ2) is 7.94. The summed E-state index contributed by atoms with van der Waals surface area (Å²) in [6.45, 7) is 0. The second-order valence-corrected chi connectivity index (χ2v) is 5.45. The summed E-state index contributed by atoms with van der Waals surface area (Å²) in [6, 6.07) is 23.3. The molecule has 3 aromatic carbocycles. The molecule has 0 aliphatic rings. The van der Waals surface area contributed by atoms with Crippen molar-refractivity contribution in [3.05, 3.63) is 94.5 Å². The normalized spacial score (nSPS) is 11.0. The van der Waals surface area contributed by atoms with Crippen LogP contribution in [0.2, 0.25) is 0 Å². The van der Waals surface area contributed by atoms with E-state index in [2.05, 4.69) is 10.3 Å². The Labute approximate surface area is 150 Å². The smallest absolute Gasteiger partial charge is 0.269 e. The molecule has 0 amide bonds. The number of benzene rings is 3. The van der Waals surface area contributed by atoms with Crippen LogP contribution in [0.1, 0.15) is 5.56 Å². The van der Waals surface area contributed by atoms with Gasteiger partial charge in [0, 0.05) is 23.4 Å². The Bertz CT molecular complexity index is 905. The van der Waals surface area contributed by atoms with Crippen LogP contribution in [0.4, 0.5) is 17.1 Å². The Kier molecular flexibility index (Phi) is 5.24. The fourth-order valence-corrected chi connectivity index (χ4v) is 2.35. The van der Waals surface area contributed by atoms with Gasteiger partial charge < -0.3 is 10.1 Å². The first kappa shape index (κ1) is 17.2. The second-order valence-electron chi connectivity index (χ2n) is 5.45. The number of rotatable bonds is 5. The van der Waals surface area contributed by atoms with Gasteiger partial charge in [0.2, 0.25) is 0 Å². The van der Waals surface area contributed by atoms with Crippen molar-refractivity contribution in [2.24, 2.45) is 4.99 Å². The molecule has 0 unspecified atom stereocenters. The van der Waals surface area contributed by atoms with Gasteiger partial charge in [-0.1, -0.05) is 30.3 Å². The van der Waals surface area contributed by atoms with Crippen LogP contribution >= 0.6 is 0 Å². The number of nitrogens with zero attached hydrogens (tertiary/aromatic N) is 2. The third-order valence-electron chi connectivity index (χ3n) is 3.70. The van der Waals surface area contributed by atoms with E-state index in [0.717, 1.165) is 17.0 Å². The average Bonchev–Trinajstić information content (AvgIpc) is 2.69. The maximum absolute atomic E-state index is 10.8. The molecule has 1 N–H and O–H groups in total. The number of nitro benzene ring substituents is 1. The van der Waals surface area contributed by atoms with E-state index in [1.165, 1.54) is 12.1 Å². The van der Waals surface area contributed by atoms with Gasteiger partial charge in [0.25, 0.3) is 5.69 Å². The van der Waals surface area contributed by atoms with Gasteiger partial charge in [-0.25, -0.2) is 4.99 Å². The number of amidine groups is 1. The van der Waals surface area contributed by atoms with Crippen LogP contribution in [0.3, 0.4) is 0 Å². The average molecular weight is 347 g/mol. The highest BCUT2D eigenvalue weighted by molar-refractivity contribution is 6.09.